The lowest BCUT2D eigenvalue weighted by atomic mass is 10.2. The first kappa shape index (κ1) is 16.2. The molecule has 0 atom stereocenters. The Kier molecular flexibility index (Phi) is 4.91. The van der Waals surface area contributed by atoms with Gasteiger partial charge in [-0.15, -0.1) is 0 Å². The second-order valence-electron chi connectivity index (χ2n) is 5.67. The highest BCUT2D eigenvalue weighted by atomic mass is 16.2. The number of hydrogen-bond donors (Lipinski definition) is 1. The van der Waals surface area contributed by atoms with Crippen molar-refractivity contribution in [2.45, 2.75) is 13.8 Å². The molecule has 1 aromatic heterocycles. The van der Waals surface area contributed by atoms with Crippen LogP contribution in [0.2, 0.25) is 0 Å². The van der Waals surface area contributed by atoms with E-state index in [1.165, 1.54) is 0 Å². The van der Waals surface area contributed by atoms with Gasteiger partial charge in [-0.1, -0.05) is 32.0 Å². The first-order valence-corrected chi connectivity index (χ1v) is 8.26. The molecule has 0 aliphatic rings. The van der Waals surface area contributed by atoms with Crippen LogP contribution in [-0.4, -0.2) is 40.2 Å². The molecule has 5 nitrogen and oxygen atoms in total. The molecule has 0 radical (unpaired) electrons. The predicted octanol–water partition coefficient (Wildman–Crippen LogP) is 3.31. The number of rotatable bonds is 6. The van der Waals surface area contributed by atoms with Crippen molar-refractivity contribution >= 4 is 22.5 Å². The molecule has 0 aliphatic carbocycles. The number of nitrogens with one attached hydrogen (secondary N) is 1. The molecule has 1 amide bonds. The number of carbonyl (C=O) groups is 1. The second-order valence-corrected chi connectivity index (χ2v) is 5.67. The van der Waals surface area contributed by atoms with Gasteiger partial charge in [0.15, 0.2) is 0 Å². The van der Waals surface area contributed by atoms with Crippen LogP contribution in [0, 0.1) is 0 Å². The Labute approximate surface area is 141 Å². The third-order valence-electron chi connectivity index (χ3n) is 4.13. The number of carbonyl (C=O) groups excluding carboxylic acids is 1. The van der Waals surface area contributed by atoms with Crippen molar-refractivity contribution in [2.24, 2.45) is 0 Å². The summed E-state index contributed by atoms with van der Waals surface area (Å²) in [4.78, 5) is 14.1. The van der Waals surface area contributed by atoms with Crippen LogP contribution in [0.15, 0.2) is 54.7 Å². The minimum Gasteiger partial charge on any atom is -0.325 e. The third kappa shape index (κ3) is 3.46. The molecule has 0 bridgehead atoms. The van der Waals surface area contributed by atoms with Crippen LogP contribution >= 0.6 is 0 Å². The van der Waals surface area contributed by atoms with Crippen LogP contribution in [0.5, 0.6) is 0 Å². The topological polar surface area (TPSA) is 50.2 Å². The lowest BCUT2D eigenvalue weighted by Gasteiger charge is -2.17. The lowest BCUT2D eigenvalue weighted by molar-refractivity contribution is -0.117. The predicted molar refractivity (Wildman–Crippen MR) is 97.5 cm³/mol. The smallest absolute Gasteiger partial charge is 0.238 e. The molecule has 1 heterocycles. The van der Waals surface area contributed by atoms with Crippen molar-refractivity contribution in [2.75, 3.05) is 25.0 Å². The first-order valence-electron chi connectivity index (χ1n) is 8.26. The van der Waals surface area contributed by atoms with Crippen LogP contribution in [0.25, 0.3) is 16.6 Å². The summed E-state index contributed by atoms with van der Waals surface area (Å²) in [5.41, 5.74) is 2.83. The number of fused-ring (bicyclic) bond motifs is 1. The van der Waals surface area contributed by atoms with Gasteiger partial charge in [0.1, 0.15) is 0 Å². The minimum absolute atomic E-state index is 0.0102. The zero-order valence-electron chi connectivity index (χ0n) is 14.1. The van der Waals surface area contributed by atoms with E-state index in [2.05, 4.69) is 29.2 Å². The van der Waals surface area contributed by atoms with Crippen molar-refractivity contribution in [3.05, 3.63) is 54.7 Å². The molecule has 0 saturated carbocycles. The summed E-state index contributed by atoms with van der Waals surface area (Å²) in [7, 11) is 0. The quantitative estimate of drug-likeness (QED) is 0.757. The SMILES string of the molecule is CCN(CC)CC(=O)Nc1ccc(-n2ncc3ccccc32)cc1. The number of likely N-dealkylation sites (N-methyl/N-ethyl adjacent to an activating group) is 1. The number of anilines is 1. The number of benzene rings is 2. The number of para-hydroxylation sites is 1. The van der Waals surface area contributed by atoms with Gasteiger partial charge < -0.3 is 5.32 Å². The zero-order chi connectivity index (χ0) is 16.9. The number of nitrogens with zero attached hydrogens (tertiary/aromatic N) is 3. The number of aromatic nitrogens is 2. The van der Waals surface area contributed by atoms with E-state index in [1.807, 2.05) is 59.4 Å². The normalized spacial score (nSPS) is 11.1. The Morgan fingerprint density at radius 1 is 1.08 bits per heavy atom. The zero-order valence-corrected chi connectivity index (χ0v) is 14.1. The molecule has 0 unspecified atom stereocenters. The fraction of sp³-hybridized carbons (Fsp3) is 0.263. The monoisotopic (exact) mass is 322 g/mol. The fourth-order valence-corrected chi connectivity index (χ4v) is 2.71. The van der Waals surface area contributed by atoms with E-state index in [0.29, 0.717) is 6.54 Å². The molecule has 0 saturated heterocycles. The van der Waals surface area contributed by atoms with Crippen molar-refractivity contribution in [3.8, 4) is 5.69 Å². The van der Waals surface area contributed by atoms with Gasteiger partial charge in [-0.25, -0.2) is 4.68 Å². The van der Waals surface area contributed by atoms with E-state index in [1.54, 1.807) is 0 Å². The van der Waals surface area contributed by atoms with E-state index in [4.69, 9.17) is 0 Å². The molecule has 0 spiro atoms. The highest BCUT2D eigenvalue weighted by molar-refractivity contribution is 5.92. The lowest BCUT2D eigenvalue weighted by Crippen LogP contribution is -2.32. The van der Waals surface area contributed by atoms with Crippen LogP contribution in [-0.2, 0) is 4.79 Å². The number of hydrogen-bond acceptors (Lipinski definition) is 3. The van der Waals surface area contributed by atoms with Crippen LogP contribution in [0.1, 0.15) is 13.8 Å². The Morgan fingerprint density at radius 3 is 2.50 bits per heavy atom. The maximum Gasteiger partial charge on any atom is 0.238 e. The van der Waals surface area contributed by atoms with Crippen LogP contribution in [0.4, 0.5) is 5.69 Å². The van der Waals surface area contributed by atoms with E-state index in [-0.39, 0.29) is 5.91 Å². The van der Waals surface area contributed by atoms with Gasteiger partial charge in [0, 0.05) is 11.1 Å². The Hall–Kier alpha value is -2.66. The molecule has 3 rings (SSSR count). The summed E-state index contributed by atoms with van der Waals surface area (Å²) in [6, 6.07) is 15.8. The third-order valence-corrected chi connectivity index (χ3v) is 4.13. The fourth-order valence-electron chi connectivity index (χ4n) is 2.71. The van der Waals surface area contributed by atoms with Gasteiger partial charge in [-0.2, -0.15) is 5.10 Å². The van der Waals surface area contributed by atoms with Crippen molar-refractivity contribution in [1.29, 1.82) is 0 Å². The Bertz CT molecular complexity index is 819. The van der Waals surface area contributed by atoms with Crippen molar-refractivity contribution in [3.63, 3.8) is 0 Å². The van der Waals surface area contributed by atoms with Crippen LogP contribution < -0.4 is 5.32 Å². The number of amides is 1. The maximum atomic E-state index is 12.1. The maximum absolute atomic E-state index is 12.1. The summed E-state index contributed by atoms with van der Waals surface area (Å²) in [6.07, 6.45) is 1.86. The average molecular weight is 322 g/mol. The molecule has 0 aliphatic heterocycles. The second kappa shape index (κ2) is 7.27. The first-order chi connectivity index (χ1) is 11.7. The van der Waals surface area contributed by atoms with Crippen LogP contribution in [0.3, 0.4) is 0 Å². The van der Waals surface area contributed by atoms with Crippen molar-refractivity contribution < 1.29 is 4.79 Å². The van der Waals surface area contributed by atoms with Gasteiger partial charge in [-0.3, -0.25) is 9.69 Å². The molecule has 124 valence electrons. The summed E-state index contributed by atoms with van der Waals surface area (Å²) < 4.78 is 1.90. The highest BCUT2D eigenvalue weighted by Crippen LogP contribution is 2.19. The van der Waals surface area contributed by atoms with E-state index >= 15 is 0 Å². The van der Waals surface area contributed by atoms with E-state index in [0.717, 1.165) is 35.4 Å². The molecule has 1 N–H and O–H groups in total. The van der Waals surface area contributed by atoms with Gasteiger partial charge in [0.2, 0.25) is 5.91 Å². The van der Waals surface area contributed by atoms with E-state index < -0.39 is 0 Å². The minimum atomic E-state index is 0.0102. The Morgan fingerprint density at radius 2 is 1.79 bits per heavy atom. The summed E-state index contributed by atoms with van der Waals surface area (Å²) >= 11 is 0. The molecule has 2 aromatic carbocycles. The van der Waals surface area contributed by atoms with E-state index in [9.17, 15) is 4.79 Å². The Balaban J connectivity index is 1.73. The van der Waals surface area contributed by atoms with Crippen molar-refractivity contribution in [1.82, 2.24) is 14.7 Å². The molecule has 3 aromatic rings. The molecular weight excluding hydrogens is 300 g/mol. The van der Waals surface area contributed by atoms with Gasteiger partial charge in [0.05, 0.1) is 23.9 Å². The molecule has 5 heteroatoms. The summed E-state index contributed by atoms with van der Waals surface area (Å²) in [5, 5.41) is 8.49. The summed E-state index contributed by atoms with van der Waals surface area (Å²) in [6.45, 7) is 6.27. The molecular formula is C19H22N4O. The molecule has 0 fully saturated rings. The molecule has 24 heavy (non-hydrogen) atoms. The standard InChI is InChI=1S/C19H22N4O/c1-3-22(4-2)14-19(24)21-16-9-11-17(12-10-16)23-18-8-6-5-7-15(18)13-20-23/h5-13H,3-4,14H2,1-2H3,(H,21,24). The van der Waals surface area contributed by atoms with Gasteiger partial charge in [0.25, 0.3) is 0 Å². The largest absolute Gasteiger partial charge is 0.325 e. The summed E-state index contributed by atoms with van der Waals surface area (Å²) in [5.74, 6) is 0.0102. The average Bonchev–Trinajstić information content (AvgIpc) is 3.04. The van der Waals surface area contributed by atoms with Gasteiger partial charge >= 0.3 is 0 Å². The highest BCUT2D eigenvalue weighted by Gasteiger charge is 2.08. The van der Waals surface area contributed by atoms with Gasteiger partial charge in [-0.05, 0) is 43.4 Å².